The summed E-state index contributed by atoms with van der Waals surface area (Å²) in [6, 6.07) is 0.429. The first-order valence-corrected chi connectivity index (χ1v) is 7.14. The van der Waals surface area contributed by atoms with Gasteiger partial charge in [-0.2, -0.15) is 0 Å². The van der Waals surface area contributed by atoms with Crippen LogP contribution in [0.5, 0.6) is 0 Å². The van der Waals surface area contributed by atoms with Crippen LogP contribution >= 0.6 is 0 Å². The lowest BCUT2D eigenvalue weighted by Crippen LogP contribution is -2.41. The average Bonchev–Trinajstić information content (AvgIpc) is 2.46. The molecule has 3 unspecified atom stereocenters. The van der Waals surface area contributed by atoms with Gasteiger partial charge in [-0.15, -0.1) is 0 Å². The molecule has 18 heavy (non-hydrogen) atoms. The fraction of sp³-hybridized carbons (Fsp3) is 0.929. The minimum atomic E-state index is -0.427. The molecule has 1 saturated heterocycles. The molecule has 2 fully saturated rings. The molecule has 0 radical (unpaired) electrons. The van der Waals surface area contributed by atoms with Crippen molar-refractivity contribution in [3.8, 4) is 0 Å². The fourth-order valence-corrected chi connectivity index (χ4v) is 3.23. The first-order valence-electron chi connectivity index (χ1n) is 7.14. The van der Waals surface area contributed by atoms with E-state index in [0.29, 0.717) is 18.5 Å². The summed E-state index contributed by atoms with van der Waals surface area (Å²) in [6.07, 6.45) is 5.77. The molecule has 0 aromatic heterocycles. The van der Waals surface area contributed by atoms with Crippen LogP contribution in [0.15, 0.2) is 0 Å². The maximum atomic E-state index is 12.2. The quantitative estimate of drug-likeness (QED) is 0.722. The molecule has 1 aliphatic heterocycles. The number of carbonyl (C=O) groups is 1. The molecule has 1 aliphatic carbocycles. The van der Waals surface area contributed by atoms with Crippen LogP contribution in [0.4, 0.5) is 4.79 Å². The molecule has 4 nitrogen and oxygen atoms in total. The van der Waals surface area contributed by atoms with Crippen molar-refractivity contribution in [3.63, 3.8) is 0 Å². The Labute approximate surface area is 110 Å². The van der Waals surface area contributed by atoms with Crippen molar-refractivity contribution in [2.45, 2.75) is 70.6 Å². The lowest BCUT2D eigenvalue weighted by Gasteiger charge is -2.29. The van der Waals surface area contributed by atoms with E-state index in [2.05, 4.69) is 0 Å². The van der Waals surface area contributed by atoms with E-state index in [-0.39, 0.29) is 12.1 Å². The zero-order chi connectivity index (χ0) is 13.3. The van der Waals surface area contributed by atoms with Crippen LogP contribution in [0.2, 0.25) is 0 Å². The summed E-state index contributed by atoms with van der Waals surface area (Å²) in [5.41, 5.74) is 5.77. The highest BCUT2D eigenvalue weighted by atomic mass is 16.6. The molecular formula is C14H26N2O2. The lowest BCUT2D eigenvalue weighted by molar-refractivity contribution is 0.0201. The molecular weight excluding hydrogens is 228 g/mol. The normalized spacial score (nSPS) is 32.9. The summed E-state index contributed by atoms with van der Waals surface area (Å²) < 4.78 is 5.49. The summed E-state index contributed by atoms with van der Waals surface area (Å²) in [5.74, 6) is 0.472. The Bertz CT molecular complexity index is 311. The Morgan fingerprint density at radius 1 is 1.22 bits per heavy atom. The summed E-state index contributed by atoms with van der Waals surface area (Å²) in [5, 5.41) is 0. The molecule has 4 heteroatoms. The van der Waals surface area contributed by atoms with E-state index in [1.54, 1.807) is 0 Å². The molecule has 2 N–H and O–H groups in total. The van der Waals surface area contributed by atoms with Gasteiger partial charge in [-0.3, -0.25) is 0 Å². The molecule has 1 saturated carbocycles. The molecule has 104 valence electrons. The van der Waals surface area contributed by atoms with Crippen LogP contribution in [-0.4, -0.2) is 35.2 Å². The minimum Gasteiger partial charge on any atom is -0.444 e. The molecule has 2 rings (SSSR count). The third kappa shape index (κ3) is 2.97. The molecule has 0 bridgehead atoms. The van der Waals surface area contributed by atoms with E-state index in [0.717, 1.165) is 12.8 Å². The number of hydrogen-bond donors (Lipinski definition) is 1. The van der Waals surface area contributed by atoms with E-state index in [1.165, 1.54) is 19.3 Å². The number of fused-ring (bicyclic) bond motifs is 1. The maximum absolute atomic E-state index is 12.2. The Hall–Kier alpha value is -0.770. The van der Waals surface area contributed by atoms with Gasteiger partial charge in [0.25, 0.3) is 0 Å². The highest BCUT2D eigenvalue weighted by molar-refractivity contribution is 5.69. The summed E-state index contributed by atoms with van der Waals surface area (Å²) in [6.45, 7) is 6.38. The molecule has 0 aromatic carbocycles. The van der Waals surface area contributed by atoms with Crippen molar-refractivity contribution >= 4 is 6.09 Å². The van der Waals surface area contributed by atoms with Gasteiger partial charge in [0.15, 0.2) is 0 Å². The highest BCUT2D eigenvalue weighted by Crippen LogP contribution is 2.35. The Morgan fingerprint density at radius 2 is 1.89 bits per heavy atom. The first kappa shape index (κ1) is 13.7. The van der Waals surface area contributed by atoms with E-state index >= 15 is 0 Å². The number of nitrogens with zero attached hydrogens (tertiary/aromatic N) is 1. The van der Waals surface area contributed by atoms with Gasteiger partial charge in [-0.05, 0) is 39.5 Å². The van der Waals surface area contributed by atoms with Gasteiger partial charge in [-0.1, -0.05) is 19.3 Å². The van der Waals surface area contributed by atoms with E-state index in [1.807, 2.05) is 25.7 Å². The minimum absolute atomic E-state index is 0.126. The molecule has 1 heterocycles. The number of carbonyl (C=O) groups excluding carboxylic acids is 1. The topological polar surface area (TPSA) is 55.6 Å². The zero-order valence-corrected chi connectivity index (χ0v) is 11.8. The van der Waals surface area contributed by atoms with Gasteiger partial charge in [-0.25, -0.2) is 4.79 Å². The van der Waals surface area contributed by atoms with Crippen molar-refractivity contribution in [3.05, 3.63) is 0 Å². The van der Waals surface area contributed by atoms with Gasteiger partial charge < -0.3 is 15.4 Å². The Balaban J connectivity index is 2.06. The molecule has 2 aliphatic rings. The summed E-state index contributed by atoms with van der Waals surface area (Å²) >= 11 is 0. The SMILES string of the molecule is CC(C)(C)OC(=O)N1CC(N)C2CCCCCC21. The third-order valence-electron chi connectivity index (χ3n) is 4.02. The third-order valence-corrected chi connectivity index (χ3v) is 4.02. The molecule has 0 spiro atoms. The monoisotopic (exact) mass is 254 g/mol. The smallest absolute Gasteiger partial charge is 0.410 e. The van der Waals surface area contributed by atoms with Gasteiger partial charge in [0.2, 0.25) is 0 Å². The second kappa shape index (κ2) is 5.08. The first-order chi connectivity index (χ1) is 8.38. The van der Waals surface area contributed by atoms with E-state index < -0.39 is 5.60 Å². The van der Waals surface area contributed by atoms with Crippen LogP contribution in [0.25, 0.3) is 0 Å². The van der Waals surface area contributed by atoms with Crippen molar-refractivity contribution in [1.29, 1.82) is 0 Å². The summed E-state index contributed by atoms with van der Waals surface area (Å²) in [4.78, 5) is 14.1. The standard InChI is InChI=1S/C14H26N2O2/c1-14(2,3)18-13(17)16-9-11(15)10-7-5-4-6-8-12(10)16/h10-12H,4-9,15H2,1-3H3. The van der Waals surface area contributed by atoms with Gasteiger partial charge >= 0.3 is 6.09 Å². The number of amides is 1. The van der Waals surface area contributed by atoms with Crippen LogP contribution in [0.3, 0.4) is 0 Å². The van der Waals surface area contributed by atoms with E-state index in [9.17, 15) is 4.79 Å². The highest BCUT2D eigenvalue weighted by Gasteiger charge is 2.43. The second-order valence-corrected chi connectivity index (χ2v) is 6.67. The number of hydrogen-bond acceptors (Lipinski definition) is 3. The van der Waals surface area contributed by atoms with Crippen LogP contribution < -0.4 is 5.73 Å². The van der Waals surface area contributed by atoms with Crippen molar-refractivity contribution < 1.29 is 9.53 Å². The van der Waals surface area contributed by atoms with Gasteiger partial charge in [0.05, 0.1) is 0 Å². The average molecular weight is 254 g/mol. The zero-order valence-electron chi connectivity index (χ0n) is 11.8. The Morgan fingerprint density at radius 3 is 2.56 bits per heavy atom. The van der Waals surface area contributed by atoms with Gasteiger partial charge in [0.1, 0.15) is 5.60 Å². The second-order valence-electron chi connectivity index (χ2n) is 6.67. The number of likely N-dealkylation sites (tertiary alicyclic amines) is 1. The van der Waals surface area contributed by atoms with Crippen molar-refractivity contribution in [2.24, 2.45) is 11.7 Å². The molecule has 1 amide bonds. The lowest BCUT2D eigenvalue weighted by atomic mass is 9.92. The maximum Gasteiger partial charge on any atom is 0.410 e. The Kier molecular flexibility index (Phi) is 3.85. The fourth-order valence-electron chi connectivity index (χ4n) is 3.23. The molecule has 3 atom stereocenters. The van der Waals surface area contributed by atoms with Gasteiger partial charge in [0, 0.05) is 18.6 Å². The predicted octanol–water partition coefficient (Wildman–Crippen LogP) is 2.51. The van der Waals surface area contributed by atoms with Crippen molar-refractivity contribution in [1.82, 2.24) is 4.90 Å². The van der Waals surface area contributed by atoms with Crippen LogP contribution in [-0.2, 0) is 4.74 Å². The van der Waals surface area contributed by atoms with Crippen LogP contribution in [0.1, 0.15) is 52.9 Å². The number of ether oxygens (including phenoxy) is 1. The molecule has 0 aromatic rings. The summed E-state index contributed by atoms with van der Waals surface area (Å²) in [7, 11) is 0. The van der Waals surface area contributed by atoms with Crippen molar-refractivity contribution in [2.75, 3.05) is 6.54 Å². The largest absolute Gasteiger partial charge is 0.444 e. The van der Waals surface area contributed by atoms with Crippen LogP contribution in [0, 0.1) is 5.92 Å². The number of nitrogens with two attached hydrogens (primary N) is 1. The number of rotatable bonds is 0. The predicted molar refractivity (Wildman–Crippen MR) is 71.3 cm³/mol. The van der Waals surface area contributed by atoms with E-state index in [4.69, 9.17) is 10.5 Å².